The largest absolute Gasteiger partial charge is 0.497 e. The van der Waals surface area contributed by atoms with Gasteiger partial charge in [-0.05, 0) is 18.2 Å². The second-order valence-corrected chi connectivity index (χ2v) is 4.93. The van der Waals surface area contributed by atoms with Crippen LogP contribution in [0.4, 0.5) is 5.95 Å². The third kappa shape index (κ3) is 3.57. The molecular formula is C16H16N6O. The Balaban J connectivity index is 1.84. The van der Waals surface area contributed by atoms with Gasteiger partial charge in [-0.1, -0.05) is 12.1 Å². The average Bonchev–Trinajstić information content (AvgIpc) is 2.63. The van der Waals surface area contributed by atoms with Crippen LogP contribution in [0.25, 0.3) is 11.3 Å². The van der Waals surface area contributed by atoms with Crippen molar-refractivity contribution in [1.29, 1.82) is 0 Å². The third-order valence-corrected chi connectivity index (χ3v) is 3.30. The zero-order valence-corrected chi connectivity index (χ0v) is 12.9. The maximum Gasteiger partial charge on any atom is 0.246 e. The number of ether oxygens (including phenoxy) is 1. The second kappa shape index (κ2) is 6.78. The number of methoxy groups -OCH3 is 1. The second-order valence-electron chi connectivity index (χ2n) is 4.93. The minimum absolute atomic E-state index is 0.531. The molecule has 0 saturated carbocycles. The molecule has 1 aromatic carbocycles. The van der Waals surface area contributed by atoms with Crippen LogP contribution in [0.1, 0.15) is 5.69 Å². The molecule has 0 atom stereocenters. The van der Waals surface area contributed by atoms with Gasteiger partial charge in [-0.25, -0.2) is 15.0 Å². The number of rotatable bonds is 5. The van der Waals surface area contributed by atoms with Crippen molar-refractivity contribution in [3.8, 4) is 17.0 Å². The summed E-state index contributed by atoms with van der Waals surface area (Å²) >= 11 is 0. The third-order valence-electron chi connectivity index (χ3n) is 3.30. The van der Waals surface area contributed by atoms with Crippen LogP contribution >= 0.6 is 0 Å². The van der Waals surface area contributed by atoms with Crippen molar-refractivity contribution in [2.75, 3.05) is 19.1 Å². The molecule has 0 fully saturated rings. The van der Waals surface area contributed by atoms with Crippen molar-refractivity contribution in [2.24, 2.45) is 0 Å². The minimum Gasteiger partial charge on any atom is -0.497 e. The van der Waals surface area contributed by atoms with Crippen LogP contribution in [-0.4, -0.2) is 39.3 Å². The molecule has 3 rings (SSSR count). The summed E-state index contributed by atoms with van der Waals surface area (Å²) in [5.41, 5.74) is 2.55. The molecule has 3 aromatic rings. The van der Waals surface area contributed by atoms with Gasteiger partial charge in [-0.2, -0.15) is 5.10 Å². The number of aromatic nitrogens is 5. The Bertz CT molecular complexity index is 780. The fourth-order valence-electron chi connectivity index (χ4n) is 2.10. The lowest BCUT2D eigenvalue weighted by Crippen LogP contribution is -2.20. The molecule has 7 nitrogen and oxygen atoms in total. The molecule has 0 aliphatic heterocycles. The van der Waals surface area contributed by atoms with E-state index in [1.165, 1.54) is 6.33 Å². The highest BCUT2D eigenvalue weighted by Crippen LogP contribution is 2.22. The molecule has 7 heteroatoms. The Hall–Kier alpha value is -3.09. The fraction of sp³-hybridized carbons (Fsp3) is 0.188. The lowest BCUT2D eigenvalue weighted by molar-refractivity contribution is 0.415. The van der Waals surface area contributed by atoms with Gasteiger partial charge in [0.25, 0.3) is 0 Å². The lowest BCUT2D eigenvalue weighted by Gasteiger charge is -2.16. The first kappa shape index (κ1) is 14.8. The van der Waals surface area contributed by atoms with Gasteiger partial charge in [0.2, 0.25) is 5.95 Å². The molecular weight excluding hydrogens is 292 g/mol. The van der Waals surface area contributed by atoms with E-state index >= 15 is 0 Å². The number of nitrogens with zero attached hydrogens (tertiary/aromatic N) is 6. The van der Waals surface area contributed by atoms with E-state index in [0.717, 1.165) is 22.7 Å². The Morgan fingerprint density at radius 1 is 1.22 bits per heavy atom. The van der Waals surface area contributed by atoms with Crippen LogP contribution in [0.5, 0.6) is 5.75 Å². The Morgan fingerprint density at radius 2 is 2.13 bits per heavy atom. The van der Waals surface area contributed by atoms with E-state index in [1.54, 1.807) is 19.5 Å². The first-order chi connectivity index (χ1) is 11.3. The molecule has 0 N–H and O–H groups in total. The Morgan fingerprint density at radius 3 is 2.91 bits per heavy atom. The smallest absolute Gasteiger partial charge is 0.246 e. The van der Waals surface area contributed by atoms with Gasteiger partial charge in [0.15, 0.2) is 0 Å². The van der Waals surface area contributed by atoms with Crippen LogP contribution in [0.3, 0.4) is 0 Å². The van der Waals surface area contributed by atoms with Crippen LogP contribution in [-0.2, 0) is 6.54 Å². The van der Waals surface area contributed by atoms with Crippen LogP contribution < -0.4 is 9.64 Å². The highest BCUT2D eigenvalue weighted by molar-refractivity contribution is 5.61. The average molecular weight is 308 g/mol. The van der Waals surface area contributed by atoms with E-state index in [-0.39, 0.29) is 0 Å². The van der Waals surface area contributed by atoms with Crippen molar-refractivity contribution >= 4 is 5.95 Å². The molecule has 0 amide bonds. The minimum atomic E-state index is 0.531. The molecule has 116 valence electrons. The van der Waals surface area contributed by atoms with Crippen molar-refractivity contribution in [1.82, 2.24) is 25.1 Å². The van der Waals surface area contributed by atoms with Gasteiger partial charge < -0.3 is 9.64 Å². The van der Waals surface area contributed by atoms with Crippen molar-refractivity contribution < 1.29 is 4.74 Å². The van der Waals surface area contributed by atoms with Crippen molar-refractivity contribution in [2.45, 2.75) is 6.54 Å². The van der Waals surface area contributed by atoms with E-state index in [1.807, 2.05) is 42.3 Å². The first-order valence-corrected chi connectivity index (χ1v) is 7.06. The molecule has 2 aromatic heterocycles. The monoisotopic (exact) mass is 308 g/mol. The molecule has 0 bridgehead atoms. The molecule has 0 aliphatic carbocycles. The van der Waals surface area contributed by atoms with E-state index in [4.69, 9.17) is 4.74 Å². The summed E-state index contributed by atoms with van der Waals surface area (Å²) in [6.45, 7) is 0.575. The summed E-state index contributed by atoms with van der Waals surface area (Å²) in [5.74, 6) is 1.31. The molecule has 2 heterocycles. The number of hydrogen-bond acceptors (Lipinski definition) is 7. The number of hydrogen-bond donors (Lipinski definition) is 0. The summed E-state index contributed by atoms with van der Waals surface area (Å²) in [6.07, 6.45) is 4.87. The zero-order chi connectivity index (χ0) is 16.1. The SMILES string of the molecule is COc1cccc(-c2cnnc(N(C)Cc3ccncn3)n2)c1. The number of anilines is 1. The molecule has 0 aliphatic rings. The van der Waals surface area contributed by atoms with Gasteiger partial charge in [-0.15, -0.1) is 5.10 Å². The summed E-state index contributed by atoms with van der Waals surface area (Å²) in [5, 5.41) is 8.15. The van der Waals surface area contributed by atoms with Crippen LogP contribution in [0.2, 0.25) is 0 Å². The van der Waals surface area contributed by atoms with E-state index in [0.29, 0.717) is 12.5 Å². The topological polar surface area (TPSA) is 76.9 Å². The molecule has 0 spiro atoms. The summed E-state index contributed by atoms with van der Waals surface area (Å²) in [4.78, 5) is 14.6. The predicted molar refractivity (Wildman–Crippen MR) is 86.0 cm³/mol. The van der Waals surface area contributed by atoms with Crippen LogP contribution in [0.15, 0.2) is 49.1 Å². The zero-order valence-electron chi connectivity index (χ0n) is 12.9. The first-order valence-electron chi connectivity index (χ1n) is 7.06. The number of benzene rings is 1. The highest BCUT2D eigenvalue weighted by Gasteiger charge is 2.09. The van der Waals surface area contributed by atoms with E-state index in [9.17, 15) is 0 Å². The van der Waals surface area contributed by atoms with E-state index < -0.39 is 0 Å². The Kier molecular flexibility index (Phi) is 4.37. The normalized spacial score (nSPS) is 10.3. The fourth-order valence-corrected chi connectivity index (χ4v) is 2.10. The Labute approximate surface area is 134 Å². The maximum absolute atomic E-state index is 5.24. The quantitative estimate of drug-likeness (QED) is 0.713. The maximum atomic E-state index is 5.24. The van der Waals surface area contributed by atoms with Gasteiger partial charge in [0.05, 0.1) is 31.2 Å². The molecule has 0 radical (unpaired) electrons. The van der Waals surface area contributed by atoms with Crippen molar-refractivity contribution in [3.63, 3.8) is 0 Å². The van der Waals surface area contributed by atoms with Crippen molar-refractivity contribution in [3.05, 3.63) is 54.7 Å². The van der Waals surface area contributed by atoms with Gasteiger partial charge in [0, 0.05) is 18.8 Å². The summed E-state index contributed by atoms with van der Waals surface area (Å²) in [6, 6.07) is 9.54. The molecule has 0 saturated heterocycles. The molecule has 0 unspecified atom stereocenters. The summed E-state index contributed by atoms with van der Waals surface area (Å²) in [7, 11) is 3.53. The summed E-state index contributed by atoms with van der Waals surface area (Å²) < 4.78 is 5.24. The molecule has 23 heavy (non-hydrogen) atoms. The van der Waals surface area contributed by atoms with Gasteiger partial charge >= 0.3 is 0 Å². The standard InChI is InChI=1S/C16H16N6O/c1-22(10-13-6-7-17-11-18-13)16-20-15(9-19-21-16)12-4-3-5-14(8-12)23-2/h3-9,11H,10H2,1-2H3. The van der Waals surface area contributed by atoms with Gasteiger partial charge in [0.1, 0.15) is 12.1 Å². The highest BCUT2D eigenvalue weighted by atomic mass is 16.5. The predicted octanol–water partition coefficient (Wildman–Crippen LogP) is 1.97. The van der Waals surface area contributed by atoms with Crippen LogP contribution in [0, 0.1) is 0 Å². The lowest BCUT2D eigenvalue weighted by atomic mass is 10.1. The van der Waals surface area contributed by atoms with Gasteiger partial charge in [-0.3, -0.25) is 0 Å². The van der Waals surface area contributed by atoms with E-state index in [2.05, 4.69) is 25.1 Å².